The molecule has 0 spiro atoms. The molecule has 0 aliphatic carbocycles. The maximum atomic E-state index is 5.07. The molecule has 0 aromatic carbocycles. The highest BCUT2D eigenvalue weighted by Gasteiger charge is 1.88. The Labute approximate surface area is 61.8 Å². The molecule has 56 valence electrons. The Morgan fingerprint density at radius 2 is 2.11 bits per heavy atom. The van der Waals surface area contributed by atoms with E-state index in [0.29, 0.717) is 0 Å². The summed E-state index contributed by atoms with van der Waals surface area (Å²) in [6.45, 7) is 1.97. The molecule has 0 N–H and O–H groups in total. The summed E-state index contributed by atoms with van der Waals surface area (Å²) < 4.78 is 5.07. The molecule has 2 nitrogen and oxygen atoms in total. The van der Waals surface area contributed by atoms with E-state index < -0.39 is 0 Å². The van der Waals surface area contributed by atoms with Crippen molar-refractivity contribution in [2.45, 2.75) is 6.42 Å². The Hall–Kier alpha value is 0.270. The molecule has 0 rings (SSSR count). The smallest absolute Gasteiger partial charge is 0.0625 e. The Morgan fingerprint density at radius 1 is 1.44 bits per heavy atom. The van der Waals surface area contributed by atoms with Crippen molar-refractivity contribution >= 4 is 12.0 Å². The Morgan fingerprint density at radius 3 is 2.56 bits per heavy atom. The van der Waals surface area contributed by atoms with Gasteiger partial charge in [0.25, 0.3) is 0 Å². The summed E-state index contributed by atoms with van der Waals surface area (Å²) in [6.07, 6.45) is 3.06. The second kappa shape index (κ2) is 6.39. The number of hydrogen-bond acceptors (Lipinski definition) is 3. The number of hydrogen-bond donors (Lipinski definition) is 0. The van der Waals surface area contributed by atoms with E-state index in [9.17, 15) is 0 Å². The van der Waals surface area contributed by atoms with Gasteiger partial charge in [-0.1, -0.05) is 0 Å². The van der Waals surface area contributed by atoms with Crippen LogP contribution in [0.2, 0.25) is 0 Å². The summed E-state index contributed by atoms with van der Waals surface area (Å²) in [5.74, 6) is 0. The topological polar surface area (TPSA) is 12.5 Å². The van der Waals surface area contributed by atoms with Crippen LogP contribution in [0.5, 0.6) is 0 Å². The molecule has 0 aliphatic rings. The molecule has 0 saturated heterocycles. The summed E-state index contributed by atoms with van der Waals surface area (Å²) >= 11 is 1.43. The monoisotopic (exact) mass is 149 g/mol. The first-order chi connectivity index (χ1) is 4.27. The Balaban J connectivity index is 2.75. The van der Waals surface area contributed by atoms with Gasteiger partial charge in [-0.05, 0) is 39.1 Å². The normalized spacial score (nSPS) is 10.7. The van der Waals surface area contributed by atoms with Gasteiger partial charge in [0.15, 0.2) is 0 Å². The molecule has 0 saturated carbocycles. The molecule has 3 heteroatoms. The van der Waals surface area contributed by atoms with Crippen LogP contribution in [-0.4, -0.2) is 38.4 Å². The molecule has 9 heavy (non-hydrogen) atoms. The van der Waals surface area contributed by atoms with Crippen LogP contribution in [0.3, 0.4) is 0 Å². The van der Waals surface area contributed by atoms with E-state index in [1.54, 1.807) is 0 Å². The zero-order valence-electron chi connectivity index (χ0n) is 6.39. The number of nitrogens with zero attached hydrogens (tertiary/aromatic N) is 1. The zero-order chi connectivity index (χ0) is 7.11. The minimum absolute atomic E-state index is 0.860. The van der Waals surface area contributed by atoms with Gasteiger partial charge in [-0.15, -0.1) is 0 Å². The van der Waals surface area contributed by atoms with Crippen LogP contribution in [-0.2, 0) is 4.18 Å². The highest BCUT2D eigenvalue weighted by atomic mass is 32.2. The standard InChI is InChI=1S/C6H15NOS/c1-7(2)5-4-6-8-9-3/h4-6H2,1-3H3. The van der Waals surface area contributed by atoms with Gasteiger partial charge < -0.3 is 9.08 Å². The van der Waals surface area contributed by atoms with Gasteiger partial charge in [0.2, 0.25) is 0 Å². The van der Waals surface area contributed by atoms with Crippen molar-refractivity contribution in [3.63, 3.8) is 0 Å². The van der Waals surface area contributed by atoms with Crippen molar-refractivity contribution in [2.75, 3.05) is 33.5 Å². The van der Waals surface area contributed by atoms with Crippen LogP contribution < -0.4 is 0 Å². The summed E-state index contributed by atoms with van der Waals surface area (Å²) in [5.41, 5.74) is 0. The highest BCUT2D eigenvalue weighted by molar-refractivity contribution is 7.93. The highest BCUT2D eigenvalue weighted by Crippen LogP contribution is 1.95. The van der Waals surface area contributed by atoms with Gasteiger partial charge in [-0.25, -0.2) is 0 Å². The average molecular weight is 149 g/mol. The maximum Gasteiger partial charge on any atom is 0.0625 e. The summed E-state index contributed by atoms with van der Waals surface area (Å²) in [4.78, 5) is 2.16. The van der Waals surface area contributed by atoms with Crippen LogP contribution in [0.15, 0.2) is 0 Å². The maximum absolute atomic E-state index is 5.07. The van der Waals surface area contributed by atoms with E-state index in [1.807, 2.05) is 6.26 Å². The summed E-state index contributed by atoms with van der Waals surface area (Å²) in [5, 5.41) is 0. The molecule has 0 heterocycles. The first kappa shape index (κ1) is 9.27. The van der Waals surface area contributed by atoms with Crippen LogP contribution in [0.4, 0.5) is 0 Å². The summed E-state index contributed by atoms with van der Waals surface area (Å²) in [7, 11) is 4.14. The van der Waals surface area contributed by atoms with E-state index in [2.05, 4.69) is 19.0 Å². The van der Waals surface area contributed by atoms with E-state index in [-0.39, 0.29) is 0 Å². The predicted molar refractivity (Wildman–Crippen MR) is 42.6 cm³/mol. The molecule has 0 bridgehead atoms. The SMILES string of the molecule is CSOCCCN(C)C. The lowest BCUT2D eigenvalue weighted by atomic mass is 10.4. The van der Waals surface area contributed by atoms with Gasteiger partial charge >= 0.3 is 0 Å². The molecule has 0 unspecified atom stereocenters. The molecule has 0 amide bonds. The second-order valence-electron chi connectivity index (χ2n) is 2.15. The predicted octanol–water partition coefficient (Wildman–Crippen LogP) is 1.23. The minimum Gasteiger partial charge on any atom is -0.316 e. The fraction of sp³-hybridized carbons (Fsp3) is 1.00. The molecular formula is C6H15NOS. The third kappa shape index (κ3) is 8.27. The second-order valence-corrected chi connectivity index (χ2v) is 2.71. The largest absolute Gasteiger partial charge is 0.316 e. The first-order valence-corrected chi connectivity index (χ1v) is 4.22. The average Bonchev–Trinajstić information content (AvgIpc) is 1.80. The summed E-state index contributed by atoms with van der Waals surface area (Å²) in [6, 6.07) is 0. The lowest BCUT2D eigenvalue weighted by Crippen LogP contribution is -2.14. The Kier molecular flexibility index (Phi) is 6.58. The third-order valence-corrected chi connectivity index (χ3v) is 1.35. The van der Waals surface area contributed by atoms with Gasteiger partial charge in [0.1, 0.15) is 0 Å². The van der Waals surface area contributed by atoms with Crippen LogP contribution in [0, 0.1) is 0 Å². The van der Waals surface area contributed by atoms with E-state index in [0.717, 1.165) is 19.6 Å². The van der Waals surface area contributed by atoms with E-state index in [4.69, 9.17) is 4.18 Å². The van der Waals surface area contributed by atoms with Gasteiger partial charge in [-0.3, -0.25) is 0 Å². The minimum atomic E-state index is 0.860. The fourth-order valence-corrected chi connectivity index (χ4v) is 0.808. The third-order valence-electron chi connectivity index (χ3n) is 0.951. The van der Waals surface area contributed by atoms with E-state index in [1.165, 1.54) is 12.0 Å². The van der Waals surface area contributed by atoms with Crippen LogP contribution >= 0.6 is 12.0 Å². The van der Waals surface area contributed by atoms with Crippen molar-refractivity contribution in [3.05, 3.63) is 0 Å². The molecule has 0 aliphatic heterocycles. The van der Waals surface area contributed by atoms with Crippen molar-refractivity contribution < 1.29 is 4.18 Å². The molecular weight excluding hydrogens is 134 g/mol. The van der Waals surface area contributed by atoms with Crippen molar-refractivity contribution in [1.82, 2.24) is 4.90 Å². The lowest BCUT2D eigenvalue weighted by molar-refractivity contribution is 0.317. The van der Waals surface area contributed by atoms with E-state index >= 15 is 0 Å². The molecule has 0 radical (unpaired) electrons. The van der Waals surface area contributed by atoms with Crippen molar-refractivity contribution in [1.29, 1.82) is 0 Å². The molecule has 0 aromatic rings. The molecule has 0 fully saturated rings. The van der Waals surface area contributed by atoms with Crippen molar-refractivity contribution in [3.8, 4) is 0 Å². The fourth-order valence-electron chi connectivity index (χ4n) is 0.523. The quantitative estimate of drug-likeness (QED) is 0.431. The zero-order valence-corrected chi connectivity index (χ0v) is 7.20. The van der Waals surface area contributed by atoms with Gasteiger partial charge in [0.05, 0.1) is 6.61 Å². The Bertz CT molecular complexity index is 59.0. The lowest BCUT2D eigenvalue weighted by Gasteiger charge is -2.07. The van der Waals surface area contributed by atoms with Crippen LogP contribution in [0.25, 0.3) is 0 Å². The molecule has 0 atom stereocenters. The van der Waals surface area contributed by atoms with Gasteiger partial charge in [0, 0.05) is 6.26 Å². The van der Waals surface area contributed by atoms with Crippen LogP contribution in [0.1, 0.15) is 6.42 Å². The van der Waals surface area contributed by atoms with Crippen molar-refractivity contribution in [2.24, 2.45) is 0 Å². The van der Waals surface area contributed by atoms with Gasteiger partial charge in [-0.2, -0.15) is 0 Å². The molecule has 0 aromatic heterocycles. The number of rotatable bonds is 5. The first-order valence-electron chi connectivity index (χ1n) is 3.07.